The first-order chi connectivity index (χ1) is 6.68. The molecule has 0 heterocycles. The number of hydrogen-bond donors (Lipinski definition) is 2. The zero-order valence-corrected chi connectivity index (χ0v) is 10.5. The van der Waals surface area contributed by atoms with E-state index in [4.69, 9.17) is 5.11 Å². The van der Waals surface area contributed by atoms with Crippen molar-refractivity contribution in [1.82, 2.24) is 5.32 Å². The zero-order chi connectivity index (χ0) is 10.4. The molecule has 0 saturated heterocycles. The second kappa shape index (κ2) is 7.68. The van der Waals surface area contributed by atoms with Crippen LogP contribution in [0.2, 0.25) is 0 Å². The van der Waals surface area contributed by atoms with Crippen LogP contribution in [0.1, 0.15) is 12.0 Å². The Morgan fingerprint density at radius 2 is 1.93 bits per heavy atom. The topological polar surface area (TPSA) is 49.3 Å². The van der Waals surface area contributed by atoms with Gasteiger partial charge in [-0.3, -0.25) is 4.79 Å². The second-order valence-corrected chi connectivity index (χ2v) is 3.86. The molecule has 0 aliphatic carbocycles. The fourth-order valence-corrected chi connectivity index (χ4v) is 1.29. The van der Waals surface area contributed by atoms with Crippen LogP contribution in [0, 0.1) is 0 Å². The standard InChI is InChI=1S/C10H12BrNO2.ClH/c11-9-3-1-8(2-4-9)7-12-6-5-10(13)14;/h1-4,12H,5-7H2,(H,13,14);1H. The van der Waals surface area contributed by atoms with Crippen molar-refractivity contribution < 1.29 is 9.90 Å². The molecule has 0 aliphatic heterocycles. The molecular weight excluding hydrogens is 281 g/mol. The number of rotatable bonds is 5. The molecular formula is C10H13BrClNO2. The normalized spacial score (nSPS) is 9.40. The summed E-state index contributed by atoms with van der Waals surface area (Å²) in [6.45, 7) is 1.21. The smallest absolute Gasteiger partial charge is 0.304 e. The van der Waals surface area contributed by atoms with Crippen LogP contribution in [0.5, 0.6) is 0 Å². The van der Waals surface area contributed by atoms with Gasteiger partial charge in [-0.2, -0.15) is 0 Å². The molecule has 0 amide bonds. The SMILES string of the molecule is Cl.O=C(O)CCNCc1ccc(Br)cc1. The van der Waals surface area contributed by atoms with E-state index in [0.29, 0.717) is 13.1 Å². The quantitative estimate of drug-likeness (QED) is 0.820. The second-order valence-electron chi connectivity index (χ2n) is 2.95. The Morgan fingerprint density at radius 1 is 1.33 bits per heavy atom. The van der Waals surface area contributed by atoms with Gasteiger partial charge in [0.05, 0.1) is 6.42 Å². The van der Waals surface area contributed by atoms with Crippen molar-refractivity contribution in [2.75, 3.05) is 6.54 Å². The molecule has 0 aromatic heterocycles. The van der Waals surface area contributed by atoms with Crippen LogP contribution in [0.4, 0.5) is 0 Å². The number of benzene rings is 1. The van der Waals surface area contributed by atoms with E-state index in [2.05, 4.69) is 21.2 Å². The van der Waals surface area contributed by atoms with Crippen molar-refractivity contribution >= 4 is 34.3 Å². The lowest BCUT2D eigenvalue weighted by atomic mass is 10.2. The number of nitrogens with one attached hydrogen (secondary N) is 1. The van der Waals surface area contributed by atoms with Gasteiger partial charge in [-0.1, -0.05) is 28.1 Å². The minimum atomic E-state index is -0.770. The fraction of sp³-hybridized carbons (Fsp3) is 0.300. The molecule has 84 valence electrons. The Kier molecular flexibility index (Phi) is 7.38. The van der Waals surface area contributed by atoms with Gasteiger partial charge < -0.3 is 10.4 Å². The molecule has 0 fully saturated rings. The van der Waals surface area contributed by atoms with Crippen LogP contribution < -0.4 is 5.32 Å². The highest BCUT2D eigenvalue weighted by Gasteiger charge is 1.96. The molecule has 0 atom stereocenters. The van der Waals surface area contributed by atoms with Gasteiger partial charge >= 0.3 is 5.97 Å². The van der Waals surface area contributed by atoms with Crippen LogP contribution in [0.15, 0.2) is 28.7 Å². The first-order valence-corrected chi connectivity index (χ1v) is 5.15. The van der Waals surface area contributed by atoms with Crippen LogP contribution >= 0.6 is 28.3 Å². The first kappa shape index (κ1) is 14.4. The lowest BCUT2D eigenvalue weighted by molar-refractivity contribution is -0.136. The van der Waals surface area contributed by atoms with Gasteiger partial charge in [0, 0.05) is 17.6 Å². The average molecular weight is 295 g/mol. The number of halogens is 2. The number of hydrogen-bond acceptors (Lipinski definition) is 2. The van der Waals surface area contributed by atoms with Crippen LogP contribution in [-0.2, 0) is 11.3 Å². The minimum absolute atomic E-state index is 0. The molecule has 1 aromatic rings. The molecule has 0 bridgehead atoms. The predicted molar refractivity (Wildman–Crippen MR) is 65.3 cm³/mol. The molecule has 0 saturated carbocycles. The summed E-state index contributed by atoms with van der Waals surface area (Å²) in [4.78, 5) is 10.2. The maximum atomic E-state index is 10.2. The summed E-state index contributed by atoms with van der Waals surface area (Å²) in [5, 5.41) is 11.5. The van der Waals surface area contributed by atoms with Gasteiger partial charge in [0.15, 0.2) is 0 Å². The highest BCUT2D eigenvalue weighted by molar-refractivity contribution is 9.10. The Balaban J connectivity index is 0.00000196. The third-order valence-corrected chi connectivity index (χ3v) is 2.29. The molecule has 0 aliphatic rings. The maximum absolute atomic E-state index is 10.2. The largest absolute Gasteiger partial charge is 0.481 e. The van der Waals surface area contributed by atoms with E-state index in [0.717, 1.165) is 10.0 Å². The predicted octanol–water partition coefficient (Wildman–Crippen LogP) is 2.44. The lowest BCUT2D eigenvalue weighted by Crippen LogP contribution is -2.17. The fourth-order valence-electron chi connectivity index (χ4n) is 1.03. The van der Waals surface area contributed by atoms with Gasteiger partial charge in [0.2, 0.25) is 0 Å². The summed E-state index contributed by atoms with van der Waals surface area (Å²) in [5.74, 6) is -0.770. The van der Waals surface area contributed by atoms with Crippen LogP contribution in [0.3, 0.4) is 0 Å². The third-order valence-electron chi connectivity index (χ3n) is 1.76. The molecule has 0 radical (unpaired) electrons. The van der Waals surface area contributed by atoms with Crippen LogP contribution in [-0.4, -0.2) is 17.6 Å². The Morgan fingerprint density at radius 3 is 2.47 bits per heavy atom. The summed E-state index contributed by atoms with van der Waals surface area (Å²) in [6.07, 6.45) is 0.163. The maximum Gasteiger partial charge on any atom is 0.304 e. The van der Waals surface area contributed by atoms with Gasteiger partial charge in [-0.25, -0.2) is 0 Å². The van der Waals surface area contributed by atoms with E-state index in [1.54, 1.807) is 0 Å². The summed E-state index contributed by atoms with van der Waals surface area (Å²) in [6, 6.07) is 7.93. The molecule has 0 unspecified atom stereocenters. The third kappa shape index (κ3) is 6.49. The van der Waals surface area contributed by atoms with E-state index in [-0.39, 0.29) is 18.8 Å². The highest BCUT2D eigenvalue weighted by Crippen LogP contribution is 2.09. The van der Waals surface area contributed by atoms with E-state index in [1.165, 1.54) is 0 Å². The summed E-state index contributed by atoms with van der Waals surface area (Å²) < 4.78 is 1.05. The van der Waals surface area contributed by atoms with Crippen molar-refractivity contribution in [2.24, 2.45) is 0 Å². The van der Waals surface area contributed by atoms with E-state index < -0.39 is 5.97 Å². The Bertz CT molecular complexity index is 303. The van der Waals surface area contributed by atoms with Crippen molar-refractivity contribution in [3.8, 4) is 0 Å². The number of aliphatic carboxylic acids is 1. The average Bonchev–Trinajstić information content (AvgIpc) is 2.15. The van der Waals surface area contributed by atoms with Gasteiger partial charge in [0.1, 0.15) is 0 Å². The van der Waals surface area contributed by atoms with Crippen LogP contribution in [0.25, 0.3) is 0 Å². The van der Waals surface area contributed by atoms with Crippen molar-refractivity contribution in [3.05, 3.63) is 34.3 Å². The van der Waals surface area contributed by atoms with Crippen molar-refractivity contribution in [2.45, 2.75) is 13.0 Å². The Labute approximate surface area is 103 Å². The van der Waals surface area contributed by atoms with E-state index in [1.807, 2.05) is 24.3 Å². The van der Waals surface area contributed by atoms with Crippen molar-refractivity contribution in [3.63, 3.8) is 0 Å². The van der Waals surface area contributed by atoms with E-state index >= 15 is 0 Å². The lowest BCUT2D eigenvalue weighted by Gasteiger charge is -2.02. The van der Waals surface area contributed by atoms with Gasteiger partial charge in [0.25, 0.3) is 0 Å². The highest BCUT2D eigenvalue weighted by atomic mass is 79.9. The number of carboxylic acid groups (broad SMARTS) is 1. The van der Waals surface area contributed by atoms with Gasteiger partial charge in [-0.15, -0.1) is 12.4 Å². The molecule has 1 rings (SSSR count). The molecule has 3 nitrogen and oxygen atoms in total. The van der Waals surface area contributed by atoms with Gasteiger partial charge in [-0.05, 0) is 17.7 Å². The molecule has 2 N–H and O–H groups in total. The number of carboxylic acids is 1. The molecule has 1 aromatic carbocycles. The Hall–Kier alpha value is -0.580. The summed E-state index contributed by atoms with van der Waals surface area (Å²) in [7, 11) is 0. The zero-order valence-electron chi connectivity index (χ0n) is 8.07. The summed E-state index contributed by atoms with van der Waals surface area (Å²) >= 11 is 3.35. The number of carbonyl (C=O) groups is 1. The summed E-state index contributed by atoms with van der Waals surface area (Å²) in [5.41, 5.74) is 1.15. The monoisotopic (exact) mass is 293 g/mol. The first-order valence-electron chi connectivity index (χ1n) is 4.35. The molecule has 5 heteroatoms. The molecule has 15 heavy (non-hydrogen) atoms. The minimum Gasteiger partial charge on any atom is -0.481 e. The van der Waals surface area contributed by atoms with E-state index in [9.17, 15) is 4.79 Å². The molecule has 0 spiro atoms. The van der Waals surface area contributed by atoms with Crippen molar-refractivity contribution in [1.29, 1.82) is 0 Å².